The summed E-state index contributed by atoms with van der Waals surface area (Å²) in [4.78, 5) is 6.56. The van der Waals surface area contributed by atoms with Gasteiger partial charge in [0.05, 0.1) is 11.1 Å². The lowest BCUT2D eigenvalue weighted by Crippen LogP contribution is -2.42. The van der Waals surface area contributed by atoms with Crippen LogP contribution >= 0.6 is 11.6 Å². The van der Waals surface area contributed by atoms with Crippen molar-refractivity contribution in [2.45, 2.75) is 57.2 Å². The molecule has 3 rings (SSSR count). The Labute approximate surface area is 126 Å². The molecule has 2 fully saturated rings. The average molecular weight is 295 g/mol. The number of likely N-dealkylation sites (tertiary alicyclic amines) is 1. The number of rotatable bonds is 3. The van der Waals surface area contributed by atoms with Gasteiger partial charge in [-0.3, -0.25) is 9.88 Å². The van der Waals surface area contributed by atoms with Gasteiger partial charge in [-0.25, -0.2) is 0 Å². The van der Waals surface area contributed by atoms with E-state index in [2.05, 4.69) is 9.88 Å². The predicted molar refractivity (Wildman–Crippen MR) is 80.6 cm³/mol. The molecule has 1 aromatic heterocycles. The third kappa shape index (κ3) is 3.00. The second-order valence-corrected chi connectivity index (χ2v) is 6.57. The third-order valence-electron chi connectivity index (χ3n) is 4.92. The van der Waals surface area contributed by atoms with Gasteiger partial charge >= 0.3 is 0 Å². The van der Waals surface area contributed by atoms with E-state index in [0.717, 1.165) is 30.1 Å². The van der Waals surface area contributed by atoms with Crippen LogP contribution in [-0.2, 0) is 6.54 Å². The quantitative estimate of drug-likeness (QED) is 0.930. The molecule has 3 nitrogen and oxygen atoms in total. The van der Waals surface area contributed by atoms with Crippen molar-refractivity contribution in [2.24, 2.45) is 5.92 Å². The predicted octanol–water partition coefficient (Wildman–Crippen LogP) is 3.25. The lowest BCUT2D eigenvalue weighted by atomic mass is 9.80. The first-order valence-electron chi connectivity index (χ1n) is 7.76. The van der Waals surface area contributed by atoms with E-state index in [4.69, 9.17) is 11.6 Å². The molecule has 1 aliphatic carbocycles. The van der Waals surface area contributed by atoms with Gasteiger partial charge in [-0.05, 0) is 43.9 Å². The van der Waals surface area contributed by atoms with Crippen LogP contribution in [-0.4, -0.2) is 33.7 Å². The van der Waals surface area contributed by atoms with Crippen LogP contribution in [0.15, 0.2) is 18.5 Å². The molecule has 1 N–H and O–H groups in total. The largest absolute Gasteiger partial charge is 0.393 e. The van der Waals surface area contributed by atoms with E-state index in [0.29, 0.717) is 12.0 Å². The number of nitrogens with zero attached hydrogens (tertiary/aromatic N) is 2. The highest BCUT2D eigenvalue weighted by Crippen LogP contribution is 2.35. The SMILES string of the molecule is OC1CCCCC1C1CCCN1Cc1ccncc1Cl. The fourth-order valence-corrected chi connectivity index (χ4v) is 4.05. The summed E-state index contributed by atoms with van der Waals surface area (Å²) in [6, 6.07) is 2.53. The molecule has 0 radical (unpaired) electrons. The van der Waals surface area contributed by atoms with Gasteiger partial charge in [-0.15, -0.1) is 0 Å². The van der Waals surface area contributed by atoms with Crippen LogP contribution < -0.4 is 0 Å². The molecule has 1 saturated carbocycles. The molecule has 4 heteroatoms. The summed E-state index contributed by atoms with van der Waals surface area (Å²) in [7, 11) is 0. The van der Waals surface area contributed by atoms with E-state index in [1.807, 2.05) is 12.3 Å². The first-order chi connectivity index (χ1) is 9.75. The Morgan fingerprint density at radius 3 is 2.90 bits per heavy atom. The second kappa shape index (κ2) is 6.42. The van der Waals surface area contributed by atoms with Crippen molar-refractivity contribution >= 4 is 11.6 Å². The van der Waals surface area contributed by atoms with Crippen LogP contribution in [0.4, 0.5) is 0 Å². The number of hydrogen-bond donors (Lipinski definition) is 1. The lowest BCUT2D eigenvalue weighted by molar-refractivity contribution is 0.0202. The van der Waals surface area contributed by atoms with Gasteiger partial charge in [-0.1, -0.05) is 24.4 Å². The standard InChI is InChI=1S/C16H23ClN2O/c17-14-10-18-8-7-12(14)11-19-9-3-5-15(19)13-4-1-2-6-16(13)20/h7-8,10,13,15-16,20H,1-6,9,11H2. The summed E-state index contributed by atoms with van der Waals surface area (Å²) >= 11 is 6.23. The summed E-state index contributed by atoms with van der Waals surface area (Å²) in [6.07, 6.45) is 10.5. The third-order valence-corrected chi connectivity index (χ3v) is 5.26. The monoisotopic (exact) mass is 294 g/mol. The minimum absolute atomic E-state index is 0.109. The Balaban J connectivity index is 1.71. The highest BCUT2D eigenvalue weighted by Gasteiger charge is 2.36. The van der Waals surface area contributed by atoms with E-state index in [-0.39, 0.29) is 6.10 Å². The summed E-state index contributed by atoms with van der Waals surface area (Å²) in [5, 5.41) is 11.1. The molecule has 20 heavy (non-hydrogen) atoms. The highest BCUT2D eigenvalue weighted by atomic mass is 35.5. The molecule has 0 bridgehead atoms. The fraction of sp³-hybridized carbons (Fsp3) is 0.688. The Morgan fingerprint density at radius 1 is 1.25 bits per heavy atom. The van der Waals surface area contributed by atoms with Crippen LogP contribution in [0.1, 0.15) is 44.1 Å². The fourth-order valence-electron chi connectivity index (χ4n) is 3.87. The molecule has 1 saturated heterocycles. The Hall–Kier alpha value is -0.640. The molecule has 1 aliphatic heterocycles. The molecule has 0 amide bonds. The number of aromatic nitrogens is 1. The maximum atomic E-state index is 10.3. The van der Waals surface area contributed by atoms with Crippen molar-refractivity contribution in [1.29, 1.82) is 0 Å². The van der Waals surface area contributed by atoms with Crippen molar-refractivity contribution in [3.05, 3.63) is 29.0 Å². The smallest absolute Gasteiger partial charge is 0.0634 e. The Morgan fingerprint density at radius 2 is 2.10 bits per heavy atom. The maximum Gasteiger partial charge on any atom is 0.0634 e. The summed E-state index contributed by atoms with van der Waals surface area (Å²) in [5.41, 5.74) is 1.15. The zero-order valence-electron chi connectivity index (χ0n) is 11.8. The molecule has 2 heterocycles. The highest BCUT2D eigenvalue weighted by molar-refractivity contribution is 6.31. The molecular weight excluding hydrogens is 272 g/mol. The van der Waals surface area contributed by atoms with Gasteiger partial charge in [-0.2, -0.15) is 0 Å². The summed E-state index contributed by atoms with van der Waals surface area (Å²) < 4.78 is 0. The van der Waals surface area contributed by atoms with E-state index < -0.39 is 0 Å². The van der Waals surface area contributed by atoms with Crippen LogP contribution in [0, 0.1) is 5.92 Å². The number of aliphatic hydroxyl groups is 1. The van der Waals surface area contributed by atoms with E-state index >= 15 is 0 Å². The van der Waals surface area contributed by atoms with E-state index in [1.165, 1.54) is 32.1 Å². The number of aliphatic hydroxyl groups excluding tert-OH is 1. The Bertz CT molecular complexity index is 454. The second-order valence-electron chi connectivity index (χ2n) is 6.16. The normalized spacial score (nSPS) is 31.6. The number of halogens is 1. The van der Waals surface area contributed by atoms with Crippen LogP contribution in [0.2, 0.25) is 5.02 Å². The molecule has 1 aromatic rings. The first-order valence-corrected chi connectivity index (χ1v) is 8.14. The van der Waals surface area contributed by atoms with Gasteiger partial charge in [0.1, 0.15) is 0 Å². The Kier molecular flexibility index (Phi) is 4.59. The number of pyridine rings is 1. The van der Waals surface area contributed by atoms with Crippen LogP contribution in [0.3, 0.4) is 0 Å². The maximum absolute atomic E-state index is 10.3. The lowest BCUT2D eigenvalue weighted by Gasteiger charge is -2.37. The van der Waals surface area contributed by atoms with Gasteiger partial charge in [0.2, 0.25) is 0 Å². The van der Waals surface area contributed by atoms with Crippen molar-refractivity contribution < 1.29 is 5.11 Å². The van der Waals surface area contributed by atoms with E-state index in [1.54, 1.807) is 6.20 Å². The van der Waals surface area contributed by atoms with Gasteiger partial charge in [0.25, 0.3) is 0 Å². The summed E-state index contributed by atoms with van der Waals surface area (Å²) in [6.45, 7) is 2.00. The molecule has 3 unspecified atom stereocenters. The molecular formula is C16H23ClN2O. The molecule has 2 aliphatic rings. The van der Waals surface area contributed by atoms with Gasteiger partial charge in [0.15, 0.2) is 0 Å². The average Bonchev–Trinajstić information content (AvgIpc) is 2.90. The van der Waals surface area contributed by atoms with Crippen molar-refractivity contribution in [3.8, 4) is 0 Å². The molecule has 110 valence electrons. The van der Waals surface area contributed by atoms with Gasteiger partial charge in [0, 0.05) is 30.9 Å². The van der Waals surface area contributed by atoms with Crippen LogP contribution in [0.25, 0.3) is 0 Å². The zero-order valence-corrected chi connectivity index (χ0v) is 12.6. The van der Waals surface area contributed by atoms with Crippen molar-refractivity contribution in [3.63, 3.8) is 0 Å². The molecule has 0 spiro atoms. The van der Waals surface area contributed by atoms with Gasteiger partial charge < -0.3 is 5.11 Å². The minimum Gasteiger partial charge on any atom is -0.393 e. The van der Waals surface area contributed by atoms with E-state index in [9.17, 15) is 5.11 Å². The van der Waals surface area contributed by atoms with Crippen molar-refractivity contribution in [2.75, 3.05) is 6.54 Å². The summed E-state index contributed by atoms with van der Waals surface area (Å²) in [5.74, 6) is 0.451. The zero-order chi connectivity index (χ0) is 13.9. The topological polar surface area (TPSA) is 36.4 Å². The van der Waals surface area contributed by atoms with Crippen LogP contribution in [0.5, 0.6) is 0 Å². The molecule has 3 atom stereocenters. The number of hydrogen-bond acceptors (Lipinski definition) is 3. The molecule has 0 aromatic carbocycles. The van der Waals surface area contributed by atoms with Crippen molar-refractivity contribution in [1.82, 2.24) is 9.88 Å². The first kappa shape index (κ1) is 14.3. The minimum atomic E-state index is -0.109.